The van der Waals surface area contributed by atoms with Gasteiger partial charge in [0.2, 0.25) is 5.95 Å². The second-order valence-corrected chi connectivity index (χ2v) is 15.6. The molecule has 3 N–H and O–H groups in total. The molecule has 280 valence electrons. The largest absolute Gasteiger partial charge is 0.480 e. The number of nitrogens with zero attached hydrogens (tertiary/aromatic N) is 8. The number of hydrogen-bond donors (Lipinski definition) is 3. The van der Waals surface area contributed by atoms with Crippen LogP contribution in [0.15, 0.2) is 60.0 Å². The van der Waals surface area contributed by atoms with Crippen molar-refractivity contribution in [3.8, 4) is 5.82 Å². The van der Waals surface area contributed by atoms with Gasteiger partial charge in [-0.3, -0.25) is 19.4 Å². The second-order valence-electron chi connectivity index (χ2n) is 15.6. The van der Waals surface area contributed by atoms with Gasteiger partial charge in [0, 0.05) is 49.8 Å². The molecule has 2 saturated heterocycles. The smallest absolute Gasteiger partial charge is 0.317 e. The van der Waals surface area contributed by atoms with Crippen molar-refractivity contribution < 1.29 is 15.0 Å². The number of aryl methyl sites for hydroxylation is 1. The Morgan fingerprint density at radius 3 is 2.40 bits per heavy atom. The highest BCUT2D eigenvalue weighted by Crippen LogP contribution is 2.46. The number of allylic oxidation sites excluding steroid dienone is 1. The Labute approximate surface area is 309 Å². The van der Waals surface area contributed by atoms with E-state index in [1.54, 1.807) is 21.6 Å². The van der Waals surface area contributed by atoms with Crippen LogP contribution in [-0.2, 0) is 23.4 Å². The molecule has 1 aromatic carbocycles. The van der Waals surface area contributed by atoms with Crippen molar-refractivity contribution in [3.05, 3.63) is 76.9 Å². The molecule has 8 rings (SSSR count). The minimum absolute atomic E-state index is 0.171. The lowest BCUT2D eigenvalue weighted by Gasteiger charge is -2.49. The molecule has 2 aliphatic carbocycles. The molecular formula is C40H51N9O4. The predicted molar refractivity (Wildman–Crippen MR) is 205 cm³/mol. The van der Waals surface area contributed by atoms with Crippen molar-refractivity contribution in [1.82, 2.24) is 34.1 Å². The van der Waals surface area contributed by atoms with Crippen LogP contribution in [0.25, 0.3) is 16.9 Å². The molecule has 13 nitrogen and oxygen atoms in total. The Balaban J connectivity index is 0.912. The fourth-order valence-electron chi connectivity index (χ4n) is 9.30. The van der Waals surface area contributed by atoms with Crippen LogP contribution in [0, 0.1) is 5.41 Å². The van der Waals surface area contributed by atoms with Crippen molar-refractivity contribution >= 4 is 34.3 Å². The topological polar surface area (TPSA) is 145 Å². The lowest BCUT2D eigenvalue weighted by Crippen LogP contribution is -2.52. The number of pyridine rings is 1. The predicted octanol–water partition coefficient (Wildman–Crippen LogP) is 4.68. The summed E-state index contributed by atoms with van der Waals surface area (Å²) in [6.45, 7) is 12.2. The average molecular weight is 722 g/mol. The van der Waals surface area contributed by atoms with Gasteiger partial charge in [-0.25, -0.2) is 19.3 Å². The monoisotopic (exact) mass is 721 g/mol. The number of hydrogen-bond acceptors (Lipinski definition) is 10. The van der Waals surface area contributed by atoms with Gasteiger partial charge in [0.25, 0.3) is 5.56 Å². The summed E-state index contributed by atoms with van der Waals surface area (Å²) in [4.78, 5) is 46.1. The van der Waals surface area contributed by atoms with Gasteiger partial charge in [-0.2, -0.15) is 4.98 Å². The summed E-state index contributed by atoms with van der Waals surface area (Å²) < 4.78 is 3.27. The van der Waals surface area contributed by atoms with Crippen LogP contribution in [0.1, 0.15) is 69.5 Å². The molecule has 0 unspecified atom stereocenters. The summed E-state index contributed by atoms with van der Waals surface area (Å²) in [5.74, 6) is 0.166. The number of likely N-dealkylation sites (tertiary alicyclic amines) is 1. The Kier molecular flexibility index (Phi) is 9.58. The number of fused-ring (bicyclic) bond motifs is 2. The molecule has 4 aliphatic rings. The molecule has 1 atom stereocenters. The lowest BCUT2D eigenvalue weighted by molar-refractivity contribution is -0.139. The number of benzene rings is 1. The van der Waals surface area contributed by atoms with Gasteiger partial charge in [-0.15, -0.1) is 6.58 Å². The Bertz CT molecular complexity index is 2030. The zero-order valence-corrected chi connectivity index (χ0v) is 30.7. The molecule has 53 heavy (non-hydrogen) atoms. The molecule has 0 bridgehead atoms. The molecule has 5 heterocycles. The lowest BCUT2D eigenvalue weighted by atomic mass is 9.66. The molecule has 3 fully saturated rings. The van der Waals surface area contributed by atoms with Gasteiger partial charge in [-0.1, -0.05) is 19.1 Å². The third kappa shape index (κ3) is 6.86. The Morgan fingerprint density at radius 2 is 1.72 bits per heavy atom. The number of aliphatic hydroxyl groups is 1. The highest BCUT2D eigenvalue weighted by molar-refractivity contribution is 5.77. The molecular weight excluding hydrogens is 670 g/mol. The van der Waals surface area contributed by atoms with Gasteiger partial charge in [-0.05, 0) is 112 Å². The van der Waals surface area contributed by atoms with Crippen LogP contribution in [-0.4, -0.2) is 102 Å². The highest BCUT2D eigenvalue weighted by atomic mass is 16.4. The van der Waals surface area contributed by atoms with Crippen LogP contribution in [0.3, 0.4) is 0 Å². The van der Waals surface area contributed by atoms with E-state index in [-0.39, 0.29) is 18.6 Å². The van der Waals surface area contributed by atoms with Gasteiger partial charge in [0.15, 0.2) is 11.5 Å². The van der Waals surface area contributed by atoms with E-state index in [1.807, 2.05) is 31.2 Å². The third-order valence-electron chi connectivity index (χ3n) is 12.6. The normalized spacial score (nSPS) is 22.3. The Hall–Kier alpha value is -4.59. The molecule has 1 saturated carbocycles. The van der Waals surface area contributed by atoms with Crippen molar-refractivity contribution in [2.45, 2.75) is 82.9 Å². The SMILES string of the molecule is C=CCn1c(=O)c2cnc(Nc3ccc(N4CCN(C5CCC6(CC5)CCN(CC(=O)O)CC6)CC4)cc3)nc2n1-c1ccc2c(n1)[C@@](O)(CC)CC2. The number of anilines is 3. The quantitative estimate of drug-likeness (QED) is 0.196. The summed E-state index contributed by atoms with van der Waals surface area (Å²) in [7, 11) is 0. The number of aromatic nitrogens is 5. The standard InChI is InChI=1S/C40H51N9O4/c1-3-19-48-37(52)32-26-41-38(44-36(32)49(48)33-10-5-28-11-16-40(53,4-2)35(28)43-33)42-29-6-8-30(9-7-29)46-22-24-47(25-23-46)31-12-14-39(15-13-31)17-20-45(21-18-39)27-34(50)51/h3,5-10,26,31,53H,1,4,11-25,27H2,2H3,(H,50,51)(H,41,42,44)/t40-/m1/s1. The number of carbonyl (C=O) groups is 1. The van der Waals surface area contributed by atoms with Crippen molar-refractivity contribution in [1.29, 1.82) is 0 Å². The maximum absolute atomic E-state index is 13.5. The molecule has 0 radical (unpaired) electrons. The fourth-order valence-corrected chi connectivity index (χ4v) is 9.30. The second kappa shape index (κ2) is 14.3. The molecule has 4 aromatic rings. The van der Waals surface area contributed by atoms with Crippen LogP contribution in [0.2, 0.25) is 0 Å². The fraction of sp³-hybridized carbons (Fsp3) is 0.525. The van der Waals surface area contributed by atoms with E-state index in [1.165, 1.54) is 31.4 Å². The minimum atomic E-state index is -0.982. The number of carboxylic acid groups (broad SMARTS) is 1. The van der Waals surface area contributed by atoms with Gasteiger partial charge >= 0.3 is 5.97 Å². The molecule has 1 spiro atoms. The average Bonchev–Trinajstić information content (AvgIpc) is 3.66. The van der Waals surface area contributed by atoms with Crippen molar-refractivity contribution in [3.63, 3.8) is 0 Å². The third-order valence-corrected chi connectivity index (χ3v) is 12.6. The Morgan fingerprint density at radius 1 is 0.981 bits per heavy atom. The first kappa shape index (κ1) is 35.4. The number of piperazine rings is 1. The zero-order chi connectivity index (χ0) is 36.7. The molecule has 2 aliphatic heterocycles. The number of rotatable bonds is 10. The maximum atomic E-state index is 13.5. The number of piperidine rings is 1. The zero-order valence-electron chi connectivity index (χ0n) is 30.7. The summed E-state index contributed by atoms with van der Waals surface area (Å²) >= 11 is 0. The number of aliphatic carboxylic acids is 1. The van der Waals surface area contributed by atoms with Crippen molar-refractivity contribution in [2.75, 3.05) is 56.0 Å². The van der Waals surface area contributed by atoms with Crippen LogP contribution in [0.4, 0.5) is 17.3 Å². The van der Waals surface area contributed by atoms with Crippen LogP contribution >= 0.6 is 0 Å². The number of carboxylic acids is 1. The van der Waals surface area contributed by atoms with E-state index in [4.69, 9.17) is 15.1 Å². The first-order valence-corrected chi connectivity index (χ1v) is 19.3. The summed E-state index contributed by atoms with van der Waals surface area (Å²) in [5, 5.41) is 24.1. The van der Waals surface area contributed by atoms with E-state index in [0.29, 0.717) is 52.8 Å². The van der Waals surface area contributed by atoms with E-state index >= 15 is 0 Å². The van der Waals surface area contributed by atoms with Crippen LogP contribution in [0.5, 0.6) is 0 Å². The van der Waals surface area contributed by atoms with Crippen LogP contribution < -0.4 is 15.8 Å². The van der Waals surface area contributed by atoms with Crippen molar-refractivity contribution in [2.24, 2.45) is 5.41 Å². The molecule has 0 amide bonds. The van der Waals surface area contributed by atoms with Gasteiger partial charge in [0.1, 0.15) is 11.0 Å². The van der Waals surface area contributed by atoms with E-state index in [9.17, 15) is 14.7 Å². The molecule has 3 aromatic heterocycles. The first-order chi connectivity index (χ1) is 25.7. The molecule has 13 heteroatoms. The van der Waals surface area contributed by atoms with E-state index in [2.05, 4.69) is 43.7 Å². The van der Waals surface area contributed by atoms with E-state index in [0.717, 1.165) is 69.8 Å². The van der Waals surface area contributed by atoms with E-state index < -0.39 is 11.6 Å². The van der Waals surface area contributed by atoms with Gasteiger partial charge < -0.3 is 20.4 Å². The maximum Gasteiger partial charge on any atom is 0.317 e. The van der Waals surface area contributed by atoms with Gasteiger partial charge in [0.05, 0.1) is 18.8 Å². The first-order valence-electron chi connectivity index (χ1n) is 19.3. The highest BCUT2D eigenvalue weighted by Gasteiger charge is 2.40. The summed E-state index contributed by atoms with van der Waals surface area (Å²) in [6.07, 6.45) is 12.5. The minimum Gasteiger partial charge on any atom is -0.480 e. The number of nitrogens with one attached hydrogen (secondary N) is 1. The summed E-state index contributed by atoms with van der Waals surface area (Å²) in [6, 6.07) is 12.9. The summed E-state index contributed by atoms with van der Waals surface area (Å²) in [5.41, 5.74) is 3.37.